The first-order chi connectivity index (χ1) is 11.4. The zero-order valence-electron chi connectivity index (χ0n) is 17.9. The molecule has 0 radical (unpaired) electrons. The Bertz CT molecular complexity index is 727. The average molecular weight is 357 g/mol. The molecule has 138 valence electrons. The normalized spacial score (nSPS) is 15.5. The lowest BCUT2D eigenvalue weighted by Gasteiger charge is -2.36. The Morgan fingerprint density at radius 3 is 2.04 bits per heavy atom. The maximum absolute atomic E-state index is 6.10. The van der Waals surface area contributed by atoms with Crippen molar-refractivity contribution >= 4 is 14.0 Å². The summed E-state index contributed by atoms with van der Waals surface area (Å²) in [4.78, 5) is 0. The van der Waals surface area contributed by atoms with Gasteiger partial charge in [-0.3, -0.25) is 0 Å². The molecule has 0 unspecified atom stereocenters. The largest absolute Gasteiger partial charge is 0.496 e. The van der Waals surface area contributed by atoms with Crippen LogP contribution in [0.3, 0.4) is 0 Å². The number of hydrogen-bond donors (Lipinski definition) is 0. The summed E-state index contributed by atoms with van der Waals surface area (Å²) in [5.74, 6) is 1.11. The number of benzene rings is 1. The highest BCUT2D eigenvalue weighted by molar-refractivity contribution is 6.71. The fraction of sp³-hybridized carbons (Fsp3) is 0.565. The molecule has 0 amide bonds. The first kappa shape index (κ1) is 20.0. The van der Waals surface area contributed by atoms with Gasteiger partial charge in [0.2, 0.25) is 0 Å². The molecule has 0 fully saturated rings. The van der Waals surface area contributed by atoms with Crippen LogP contribution in [0, 0.1) is 6.92 Å². The van der Waals surface area contributed by atoms with E-state index >= 15 is 0 Å². The molecule has 1 nitrogen and oxygen atoms in total. The standard InChI is InChI=1S/C23H36OSi/c1-15-11-12-17(13-15)23(6,7)19-20(24-8)18(22(3,4)5)14-16(2)21(19)25(9)10/h12-14,25H,11H2,1-10H3. The summed E-state index contributed by atoms with van der Waals surface area (Å²) in [6, 6.07) is 2.38. The molecular formula is C23H36OSi. The van der Waals surface area contributed by atoms with Gasteiger partial charge in [0.05, 0.1) is 15.9 Å². The summed E-state index contributed by atoms with van der Waals surface area (Å²) in [7, 11) is 0.832. The molecule has 0 aromatic heterocycles. The van der Waals surface area contributed by atoms with Crippen molar-refractivity contribution in [2.24, 2.45) is 0 Å². The molecule has 0 saturated carbocycles. The molecule has 0 aliphatic heterocycles. The highest BCUT2D eigenvalue weighted by Crippen LogP contribution is 2.44. The molecule has 2 heteroatoms. The number of allylic oxidation sites excluding steroid dienone is 4. The van der Waals surface area contributed by atoms with Gasteiger partial charge in [-0.1, -0.05) is 82.3 Å². The second kappa shape index (κ2) is 6.79. The van der Waals surface area contributed by atoms with Crippen LogP contribution in [0.2, 0.25) is 13.1 Å². The van der Waals surface area contributed by atoms with Crippen molar-refractivity contribution in [1.29, 1.82) is 0 Å². The van der Waals surface area contributed by atoms with E-state index in [1.165, 1.54) is 27.8 Å². The zero-order chi connectivity index (χ0) is 19.2. The van der Waals surface area contributed by atoms with E-state index in [1.807, 2.05) is 7.11 Å². The third kappa shape index (κ3) is 3.65. The van der Waals surface area contributed by atoms with Crippen molar-refractivity contribution < 1.29 is 4.74 Å². The van der Waals surface area contributed by atoms with Crippen LogP contribution < -0.4 is 9.92 Å². The minimum absolute atomic E-state index is 0.0400. The van der Waals surface area contributed by atoms with Gasteiger partial charge in [0.15, 0.2) is 0 Å². The summed E-state index contributed by atoms with van der Waals surface area (Å²) in [6.07, 6.45) is 5.86. The van der Waals surface area contributed by atoms with E-state index in [2.05, 4.69) is 79.8 Å². The van der Waals surface area contributed by atoms with Crippen LogP contribution in [0.15, 0.2) is 29.4 Å². The van der Waals surface area contributed by atoms with E-state index < -0.39 is 8.80 Å². The number of aryl methyl sites for hydroxylation is 1. The molecule has 1 aromatic carbocycles. The summed E-state index contributed by atoms with van der Waals surface area (Å²) in [5, 5.41) is 1.58. The fourth-order valence-electron chi connectivity index (χ4n) is 4.18. The van der Waals surface area contributed by atoms with Gasteiger partial charge in [0.25, 0.3) is 0 Å². The predicted molar refractivity (Wildman–Crippen MR) is 114 cm³/mol. The Morgan fingerprint density at radius 1 is 1.04 bits per heavy atom. The van der Waals surface area contributed by atoms with E-state index in [1.54, 1.807) is 5.19 Å². The summed E-state index contributed by atoms with van der Waals surface area (Å²) < 4.78 is 6.10. The lowest BCUT2D eigenvalue weighted by Crippen LogP contribution is -2.38. The minimum Gasteiger partial charge on any atom is -0.496 e. The lowest BCUT2D eigenvalue weighted by molar-refractivity contribution is 0.385. The van der Waals surface area contributed by atoms with Crippen molar-refractivity contribution in [3.8, 4) is 5.75 Å². The van der Waals surface area contributed by atoms with Gasteiger partial charge < -0.3 is 4.74 Å². The molecule has 25 heavy (non-hydrogen) atoms. The van der Waals surface area contributed by atoms with Crippen LogP contribution in [0.1, 0.15) is 64.7 Å². The van der Waals surface area contributed by atoms with Crippen molar-refractivity contribution in [3.05, 3.63) is 46.1 Å². The summed E-state index contributed by atoms with van der Waals surface area (Å²) >= 11 is 0. The van der Waals surface area contributed by atoms with Gasteiger partial charge in [0.1, 0.15) is 5.75 Å². The SMILES string of the molecule is COc1c(C(C)(C)C)cc(C)c([SiH](C)C)c1C(C)(C)C1=CCC(C)=C1. The van der Waals surface area contributed by atoms with E-state index in [0.717, 1.165) is 12.2 Å². The molecule has 1 aliphatic rings. The molecular weight excluding hydrogens is 320 g/mol. The molecule has 1 aliphatic carbocycles. The van der Waals surface area contributed by atoms with Crippen LogP contribution >= 0.6 is 0 Å². The number of rotatable bonds is 4. The van der Waals surface area contributed by atoms with E-state index in [-0.39, 0.29) is 10.8 Å². The molecule has 0 atom stereocenters. The minimum atomic E-state index is -1.01. The topological polar surface area (TPSA) is 9.23 Å². The van der Waals surface area contributed by atoms with Gasteiger partial charge >= 0.3 is 0 Å². The molecule has 0 N–H and O–H groups in total. The Morgan fingerprint density at radius 2 is 1.64 bits per heavy atom. The smallest absolute Gasteiger partial charge is 0.126 e. The highest BCUT2D eigenvalue weighted by atomic mass is 28.3. The third-order valence-electron chi connectivity index (χ3n) is 5.51. The average Bonchev–Trinajstić information content (AvgIpc) is 2.92. The van der Waals surface area contributed by atoms with Crippen molar-refractivity contribution in [3.63, 3.8) is 0 Å². The Labute approximate surface area is 156 Å². The number of methoxy groups -OCH3 is 1. The second-order valence-electron chi connectivity index (χ2n) is 9.45. The summed E-state index contributed by atoms with van der Waals surface area (Å²) in [6.45, 7) is 21.0. The Hall–Kier alpha value is -1.28. The first-order valence-corrected chi connectivity index (χ1v) is 12.4. The zero-order valence-corrected chi connectivity index (χ0v) is 19.1. The lowest BCUT2D eigenvalue weighted by atomic mass is 9.73. The van der Waals surface area contributed by atoms with Gasteiger partial charge in [-0.05, 0) is 31.3 Å². The van der Waals surface area contributed by atoms with Crippen molar-refractivity contribution in [1.82, 2.24) is 0 Å². The molecule has 0 heterocycles. The molecule has 2 rings (SSSR count). The number of ether oxygens (including phenoxy) is 1. The first-order valence-electron chi connectivity index (χ1n) is 9.51. The van der Waals surface area contributed by atoms with Crippen LogP contribution in [0.4, 0.5) is 0 Å². The predicted octanol–water partition coefficient (Wildman–Crippen LogP) is 5.55. The van der Waals surface area contributed by atoms with E-state index in [0.29, 0.717) is 0 Å². The van der Waals surface area contributed by atoms with E-state index in [9.17, 15) is 0 Å². The molecule has 1 aromatic rings. The van der Waals surface area contributed by atoms with Crippen molar-refractivity contribution in [2.75, 3.05) is 7.11 Å². The number of hydrogen-bond acceptors (Lipinski definition) is 1. The van der Waals surface area contributed by atoms with Crippen LogP contribution in [-0.4, -0.2) is 15.9 Å². The van der Waals surface area contributed by atoms with Gasteiger partial charge in [0, 0.05) is 16.5 Å². The van der Waals surface area contributed by atoms with Crippen molar-refractivity contribution in [2.45, 2.75) is 78.8 Å². The quantitative estimate of drug-likeness (QED) is 0.643. The molecule has 0 bridgehead atoms. The Kier molecular flexibility index (Phi) is 5.44. The van der Waals surface area contributed by atoms with Gasteiger partial charge in [-0.2, -0.15) is 0 Å². The summed E-state index contributed by atoms with van der Waals surface area (Å²) in [5.41, 5.74) is 7.11. The second-order valence-corrected chi connectivity index (χ2v) is 12.3. The van der Waals surface area contributed by atoms with Crippen LogP contribution in [0.5, 0.6) is 5.75 Å². The van der Waals surface area contributed by atoms with Crippen LogP contribution in [0.25, 0.3) is 0 Å². The Balaban J connectivity index is 2.88. The third-order valence-corrected chi connectivity index (χ3v) is 7.41. The molecule has 0 spiro atoms. The fourth-order valence-corrected chi connectivity index (χ4v) is 6.25. The van der Waals surface area contributed by atoms with E-state index in [4.69, 9.17) is 4.74 Å². The van der Waals surface area contributed by atoms with Gasteiger partial charge in [-0.25, -0.2) is 0 Å². The maximum Gasteiger partial charge on any atom is 0.126 e. The molecule has 0 saturated heterocycles. The van der Waals surface area contributed by atoms with Crippen LogP contribution in [-0.2, 0) is 10.8 Å². The van der Waals surface area contributed by atoms with Gasteiger partial charge in [-0.15, -0.1) is 0 Å². The maximum atomic E-state index is 6.10. The monoisotopic (exact) mass is 356 g/mol. The highest BCUT2D eigenvalue weighted by Gasteiger charge is 2.36.